The van der Waals surface area contributed by atoms with E-state index in [9.17, 15) is 4.57 Å². The van der Waals surface area contributed by atoms with Gasteiger partial charge < -0.3 is 35.1 Å². The molecule has 2 saturated heterocycles. The summed E-state index contributed by atoms with van der Waals surface area (Å²) in [6, 6.07) is 17.0. The lowest BCUT2D eigenvalue weighted by Gasteiger charge is -2.37. The predicted molar refractivity (Wildman–Crippen MR) is 229 cm³/mol. The van der Waals surface area contributed by atoms with Crippen LogP contribution in [0.25, 0.3) is 22.2 Å². The first-order chi connectivity index (χ1) is 27.1. The molecule has 3 aromatic carbocycles. The fourth-order valence-corrected chi connectivity index (χ4v) is 9.14. The number of aromatic nitrogens is 6. The van der Waals surface area contributed by atoms with Crippen molar-refractivity contribution >= 4 is 73.9 Å². The lowest BCUT2D eigenvalue weighted by molar-refractivity contribution is 0.250. The van der Waals surface area contributed by atoms with E-state index in [4.69, 9.17) is 9.72 Å². The number of nitrogens with one attached hydrogen (secondary N) is 3. The number of fused-ring (bicyclic) bond motifs is 1. The Balaban J connectivity index is 1.03. The quantitative estimate of drug-likeness (QED) is 0.131. The van der Waals surface area contributed by atoms with Gasteiger partial charge in [0.15, 0.2) is 0 Å². The van der Waals surface area contributed by atoms with Gasteiger partial charge >= 0.3 is 0 Å². The van der Waals surface area contributed by atoms with Crippen LogP contribution in [-0.4, -0.2) is 107 Å². The molecule has 2 fully saturated rings. The maximum absolute atomic E-state index is 13.6. The van der Waals surface area contributed by atoms with Crippen molar-refractivity contribution in [1.82, 2.24) is 39.9 Å². The van der Waals surface area contributed by atoms with Crippen LogP contribution in [0.5, 0.6) is 5.75 Å². The van der Waals surface area contributed by atoms with Gasteiger partial charge in [-0.2, -0.15) is 10.1 Å². The average molecular weight is 838 g/mol. The van der Waals surface area contributed by atoms with E-state index in [1.54, 1.807) is 39.0 Å². The third-order valence-corrected chi connectivity index (χ3v) is 12.4. The van der Waals surface area contributed by atoms with E-state index in [0.29, 0.717) is 49.7 Å². The molecule has 3 aromatic heterocycles. The van der Waals surface area contributed by atoms with Gasteiger partial charge in [-0.3, -0.25) is 19.5 Å². The second kappa shape index (κ2) is 16.2. The number of halogens is 1. The van der Waals surface area contributed by atoms with Crippen LogP contribution in [0.1, 0.15) is 5.56 Å². The minimum atomic E-state index is -2.78. The van der Waals surface area contributed by atoms with E-state index in [1.165, 1.54) is 11.3 Å². The molecule has 3 N–H and O–H groups in total. The summed E-state index contributed by atoms with van der Waals surface area (Å²) in [5.41, 5.74) is 8.36. The highest BCUT2D eigenvalue weighted by Gasteiger charge is 2.25. The molecule has 0 spiro atoms. The molecule has 14 nitrogen and oxygen atoms in total. The summed E-state index contributed by atoms with van der Waals surface area (Å²) < 4.78 is 22.0. The number of rotatable bonds is 11. The SMILES string of the molecule is COc1cc(N2CCN(Cc3ccc(N4CCNCC4)cc3)CC2)c(-c2cnn(C)c2)cc1Nc1ncc(Br)c(Nc2ccc3nccnc3c2P(C)(C)=O)n1. The fraction of sp³-hybridized carbons (Fsp3) is 0.325. The van der Waals surface area contributed by atoms with Crippen LogP contribution in [-0.2, 0) is 18.2 Å². The summed E-state index contributed by atoms with van der Waals surface area (Å²) in [5, 5.41) is 15.3. The van der Waals surface area contributed by atoms with Gasteiger partial charge in [0.05, 0.1) is 40.0 Å². The number of ether oxygens (including phenoxy) is 1. The van der Waals surface area contributed by atoms with E-state index in [2.05, 4.69) is 103 Å². The van der Waals surface area contributed by atoms with Gasteiger partial charge in [0.1, 0.15) is 24.2 Å². The zero-order valence-corrected chi connectivity index (χ0v) is 34.5. The van der Waals surface area contributed by atoms with E-state index in [0.717, 1.165) is 75.7 Å². The van der Waals surface area contributed by atoms with Crippen LogP contribution in [0, 0.1) is 0 Å². The summed E-state index contributed by atoms with van der Waals surface area (Å²) in [6.45, 7) is 12.2. The van der Waals surface area contributed by atoms with Gasteiger partial charge in [0.25, 0.3) is 0 Å². The second-order valence-corrected chi connectivity index (χ2v) is 18.5. The van der Waals surface area contributed by atoms with Gasteiger partial charge in [0.2, 0.25) is 5.95 Å². The van der Waals surface area contributed by atoms with E-state index < -0.39 is 7.14 Å². The number of hydrogen-bond acceptors (Lipinski definition) is 13. The number of piperazine rings is 2. The topological polar surface area (TPSA) is 141 Å². The normalized spacial score (nSPS) is 15.3. The molecule has 0 saturated carbocycles. The highest BCUT2D eigenvalue weighted by atomic mass is 79.9. The predicted octanol–water partition coefficient (Wildman–Crippen LogP) is 6.06. The van der Waals surface area contributed by atoms with Crippen LogP contribution in [0.15, 0.2) is 84.0 Å². The Labute approximate surface area is 335 Å². The number of methoxy groups -OCH3 is 1. The molecule has 0 unspecified atom stereocenters. The molecular weight excluding hydrogens is 791 g/mol. The molecule has 2 aliphatic heterocycles. The minimum Gasteiger partial charge on any atom is -0.494 e. The maximum Gasteiger partial charge on any atom is 0.229 e. The molecule has 5 heterocycles. The molecule has 0 amide bonds. The highest BCUT2D eigenvalue weighted by molar-refractivity contribution is 9.10. The monoisotopic (exact) mass is 836 g/mol. The number of nitrogens with zero attached hydrogens (tertiary/aromatic N) is 9. The summed E-state index contributed by atoms with van der Waals surface area (Å²) >= 11 is 3.61. The van der Waals surface area contributed by atoms with Crippen LogP contribution in [0.4, 0.5) is 34.5 Å². The molecule has 290 valence electrons. The third-order valence-electron chi connectivity index (χ3n) is 10.3. The smallest absolute Gasteiger partial charge is 0.229 e. The van der Waals surface area contributed by atoms with Crippen LogP contribution in [0.2, 0.25) is 0 Å². The lowest BCUT2D eigenvalue weighted by Crippen LogP contribution is -2.46. The molecule has 0 aliphatic carbocycles. The lowest BCUT2D eigenvalue weighted by atomic mass is 10.0. The summed E-state index contributed by atoms with van der Waals surface area (Å²) in [7, 11) is 0.820. The van der Waals surface area contributed by atoms with Gasteiger partial charge in [-0.25, -0.2) is 4.98 Å². The molecule has 16 heteroatoms. The van der Waals surface area contributed by atoms with E-state index in [1.807, 2.05) is 36.3 Å². The Kier molecular flexibility index (Phi) is 10.9. The molecule has 0 radical (unpaired) electrons. The standard InChI is InChI=1S/C40H46BrN12O2P/c1-50-26-28(23-46-50)30-21-34(48-40-45-24-31(41)39(49-40)47-33-10-9-32-37(44-12-11-43-32)38(33)56(3,4)54)36(55-2)22-35(30)53-19-17-51(18-20-53)25-27-5-7-29(8-6-27)52-15-13-42-14-16-52/h5-12,21-24,26,42H,13-20,25H2,1-4H3,(H2,45,47,48,49). The van der Waals surface area contributed by atoms with Crippen molar-refractivity contribution in [2.75, 3.05) is 93.2 Å². The van der Waals surface area contributed by atoms with Gasteiger partial charge in [-0.05, 0) is 65.2 Å². The summed E-state index contributed by atoms with van der Waals surface area (Å²) in [4.78, 5) is 25.8. The van der Waals surface area contributed by atoms with Crippen LogP contribution < -0.4 is 35.8 Å². The van der Waals surface area contributed by atoms with Crippen molar-refractivity contribution in [1.29, 1.82) is 0 Å². The zero-order chi connectivity index (χ0) is 38.8. The molecule has 8 rings (SSSR count). The number of hydrogen-bond donors (Lipinski definition) is 3. The van der Waals surface area contributed by atoms with Crippen LogP contribution >= 0.6 is 23.1 Å². The molecular formula is C40H46BrN12O2P. The Hall–Kier alpha value is -5.08. The fourth-order valence-electron chi connectivity index (χ4n) is 7.46. The molecule has 56 heavy (non-hydrogen) atoms. The number of benzene rings is 3. The Morgan fingerprint density at radius 1 is 0.875 bits per heavy atom. The van der Waals surface area contributed by atoms with Crippen LogP contribution in [0.3, 0.4) is 0 Å². The second-order valence-electron chi connectivity index (χ2n) is 14.5. The maximum atomic E-state index is 13.6. The summed E-state index contributed by atoms with van der Waals surface area (Å²) in [6.07, 6.45) is 8.84. The Bertz CT molecular complexity index is 2390. The molecule has 2 aliphatic rings. The number of anilines is 6. The first-order valence-corrected chi connectivity index (χ1v) is 22.1. The van der Waals surface area contributed by atoms with Crippen molar-refractivity contribution in [3.8, 4) is 16.9 Å². The summed E-state index contributed by atoms with van der Waals surface area (Å²) in [5.74, 6) is 1.51. The average Bonchev–Trinajstić information content (AvgIpc) is 3.65. The molecule has 0 atom stereocenters. The van der Waals surface area contributed by atoms with Crippen molar-refractivity contribution in [3.05, 3.63) is 89.6 Å². The largest absolute Gasteiger partial charge is 0.494 e. The molecule has 0 bridgehead atoms. The number of aryl methyl sites for hydroxylation is 1. The first-order valence-electron chi connectivity index (χ1n) is 18.7. The highest BCUT2D eigenvalue weighted by Crippen LogP contribution is 2.43. The van der Waals surface area contributed by atoms with Crippen molar-refractivity contribution in [2.45, 2.75) is 6.54 Å². The third kappa shape index (κ3) is 8.22. The van der Waals surface area contributed by atoms with Crippen molar-refractivity contribution in [2.24, 2.45) is 7.05 Å². The van der Waals surface area contributed by atoms with E-state index in [-0.39, 0.29) is 0 Å². The Morgan fingerprint density at radius 2 is 1.64 bits per heavy atom. The van der Waals surface area contributed by atoms with Crippen molar-refractivity contribution < 1.29 is 9.30 Å². The minimum absolute atomic E-state index is 0.354. The zero-order valence-electron chi connectivity index (χ0n) is 32.0. The van der Waals surface area contributed by atoms with Crippen molar-refractivity contribution in [3.63, 3.8) is 0 Å². The van der Waals surface area contributed by atoms with Gasteiger partial charge in [0, 0.05) is 119 Å². The van der Waals surface area contributed by atoms with Gasteiger partial charge in [-0.15, -0.1) is 0 Å². The van der Waals surface area contributed by atoms with E-state index >= 15 is 0 Å². The van der Waals surface area contributed by atoms with Gasteiger partial charge in [-0.1, -0.05) is 12.1 Å². The first kappa shape index (κ1) is 37.8. The molecule has 6 aromatic rings. The Morgan fingerprint density at radius 3 is 2.36 bits per heavy atom.